The van der Waals surface area contributed by atoms with Gasteiger partial charge in [0.1, 0.15) is 11.5 Å². The summed E-state index contributed by atoms with van der Waals surface area (Å²) in [5, 5.41) is 19.5. The third-order valence-electron chi connectivity index (χ3n) is 6.15. The van der Waals surface area contributed by atoms with Crippen LogP contribution in [-0.4, -0.2) is 10.2 Å². The Morgan fingerprint density at radius 3 is 1.27 bits per heavy atom. The first-order chi connectivity index (χ1) is 16.1. The van der Waals surface area contributed by atoms with E-state index in [-0.39, 0.29) is 11.5 Å². The quantitative estimate of drug-likeness (QED) is 0.294. The Morgan fingerprint density at radius 2 is 0.909 bits per heavy atom. The fourth-order valence-corrected chi connectivity index (χ4v) is 4.53. The van der Waals surface area contributed by atoms with Gasteiger partial charge in [-0.1, -0.05) is 87.4 Å². The first-order valence-electron chi connectivity index (χ1n) is 11.9. The number of phenols is 2. The minimum atomic E-state index is 0.282. The second-order valence-corrected chi connectivity index (χ2v) is 8.75. The molecule has 4 aromatic carbocycles. The predicted molar refractivity (Wildman–Crippen MR) is 138 cm³/mol. The predicted octanol–water partition coefficient (Wildman–Crippen LogP) is 7.93. The largest absolute Gasteiger partial charge is 0.508 e. The van der Waals surface area contributed by atoms with Crippen molar-refractivity contribution in [3.63, 3.8) is 0 Å². The average molecular weight is 437 g/mol. The lowest BCUT2D eigenvalue weighted by molar-refractivity contribution is 0.475. The summed E-state index contributed by atoms with van der Waals surface area (Å²) in [5.41, 5.74) is 9.92. The molecule has 0 heterocycles. The Hall–Kier alpha value is -3.52. The Labute approximate surface area is 197 Å². The third-order valence-corrected chi connectivity index (χ3v) is 6.15. The van der Waals surface area contributed by atoms with Crippen molar-refractivity contribution in [2.45, 2.75) is 46.0 Å². The number of benzene rings is 4. The van der Waals surface area contributed by atoms with Crippen LogP contribution in [0.2, 0.25) is 0 Å². The summed E-state index contributed by atoms with van der Waals surface area (Å²) in [6.45, 7) is 4.43. The second-order valence-electron chi connectivity index (χ2n) is 8.75. The SMILES string of the molecule is CCCc1ccc(-c2ccc(O)cc2)c(Cc2cc(CCC)ccc2-c2ccc(O)cc2)c1. The van der Waals surface area contributed by atoms with E-state index in [1.165, 1.54) is 33.4 Å². The smallest absolute Gasteiger partial charge is 0.115 e. The van der Waals surface area contributed by atoms with Gasteiger partial charge in [-0.25, -0.2) is 0 Å². The van der Waals surface area contributed by atoms with Crippen LogP contribution >= 0.6 is 0 Å². The van der Waals surface area contributed by atoms with Crippen molar-refractivity contribution in [2.24, 2.45) is 0 Å². The topological polar surface area (TPSA) is 40.5 Å². The third kappa shape index (κ3) is 5.46. The molecule has 2 heteroatoms. The summed E-state index contributed by atoms with van der Waals surface area (Å²) < 4.78 is 0. The van der Waals surface area contributed by atoms with Gasteiger partial charge in [0.15, 0.2) is 0 Å². The van der Waals surface area contributed by atoms with Gasteiger partial charge in [0.25, 0.3) is 0 Å². The van der Waals surface area contributed by atoms with Gasteiger partial charge in [-0.05, 0) is 88.0 Å². The maximum Gasteiger partial charge on any atom is 0.115 e. The molecule has 4 aromatic rings. The number of aryl methyl sites for hydroxylation is 2. The Balaban J connectivity index is 1.82. The molecule has 0 spiro atoms. The van der Waals surface area contributed by atoms with Crippen molar-refractivity contribution in [2.75, 3.05) is 0 Å². The number of rotatable bonds is 8. The van der Waals surface area contributed by atoms with Crippen LogP contribution in [0, 0.1) is 0 Å². The standard InChI is InChI=1S/C31H32O2/c1-3-5-22-7-17-30(24-9-13-28(32)14-10-24)26(19-22)21-27-20-23(6-4-2)8-18-31(27)25-11-15-29(33)16-12-25/h7-20,32-33H,3-6,21H2,1-2H3. The first kappa shape index (κ1) is 22.7. The Kier molecular flexibility index (Phi) is 7.14. The zero-order valence-corrected chi connectivity index (χ0v) is 19.5. The highest BCUT2D eigenvalue weighted by Crippen LogP contribution is 2.33. The summed E-state index contributed by atoms with van der Waals surface area (Å²) in [6, 6.07) is 28.6. The normalized spacial score (nSPS) is 11.0. The van der Waals surface area contributed by atoms with Crippen LogP contribution < -0.4 is 0 Å². The molecule has 0 aliphatic rings. The molecule has 0 aliphatic heterocycles. The zero-order valence-electron chi connectivity index (χ0n) is 19.5. The number of hydrogen-bond donors (Lipinski definition) is 2. The molecule has 0 radical (unpaired) electrons. The lowest BCUT2D eigenvalue weighted by Gasteiger charge is -2.17. The summed E-state index contributed by atoms with van der Waals surface area (Å²) >= 11 is 0. The molecule has 0 amide bonds. The molecule has 0 atom stereocenters. The van der Waals surface area contributed by atoms with Crippen LogP contribution in [0.15, 0.2) is 84.9 Å². The van der Waals surface area contributed by atoms with E-state index >= 15 is 0 Å². The van der Waals surface area contributed by atoms with Crippen molar-refractivity contribution in [1.29, 1.82) is 0 Å². The highest BCUT2D eigenvalue weighted by molar-refractivity contribution is 5.72. The molecule has 0 aliphatic carbocycles. The molecule has 4 rings (SSSR count). The van der Waals surface area contributed by atoms with E-state index in [9.17, 15) is 10.2 Å². The Bertz CT molecular complexity index is 1110. The molecule has 33 heavy (non-hydrogen) atoms. The number of aromatic hydroxyl groups is 2. The van der Waals surface area contributed by atoms with Crippen LogP contribution in [0.4, 0.5) is 0 Å². The first-order valence-corrected chi connectivity index (χ1v) is 11.9. The van der Waals surface area contributed by atoms with Crippen molar-refractivity contribution in [1.82, 2.24) is 0 Å². The van der Waals surface area contributed by atoms with Crippen LogP contribution in [0.3, 0.4) is 0 Å². The van der Waals surface area contributed by atoms with Gasteiger partial charge in [0.2, 0.25) is 0 Å². The van der Waals surface area contributed by atoms with E-state index in [2.05, 4.69) is 50.2 Å². The summed E-state index contributed by atoms with van der Waals surface area (Å²) in [6.07, 6.45) is 5.17. The minimum Gasteiger partial charge on any atom is -0.508 e. The van der Waals surface area contributed by atoms with E-state index in [1.807, 2.05) is 24.3 Å². The molecule has 0 saturated carbocycles. The summed E-state index contributed by atoms with van der Waals surface area (Å²) in [5.74, 6) is 0.564. The van der Waals surface area contributed by atoms with Crippen molar-refractivity contribution in [3.05, 3.63) is 107 Å². The number of hydrogen-bond acceptors (Lipinski definition) is 2. The van der Waals surface area contributed by atoms with Crippen LogP contribution in [0.25, 0.3) is 22.3 Å². The highest BCUT2D eigenvalue weighted by atomic mass is 16.3. The van der Waals surface area contributed by atoms with Crippen LogP contribution in [0.1, 0.15) is 48.9 Å². The summed E-state index contributed by atoms with van der Waals surface area (Å²) in [4.78, 5) is 0. The van der Waals surface area contributed by atoms with Gasteiger partial charge in [0.05, 0.1) is 0 Å². The van der Waals surface area contributed by atoms with Crippen molar-refractivity contribution in [3.8, 4) is 33.8 Å². The molecule has 168 valence electrons. The van der Waals surface area contributed by atoms with E-state index in [1.54, 1.807) is 24.3 Å². The molecule has 0 unspecified atom stereocenters. The van der Waals surface area contributed by atoms with Gasteiger partial charge in [-0.2, -0.15) is 0 Å². The summed E-state index contributed by atoms with van der Waals surface area (Å²) in [7, 11) is 0. The van der Waals surface area contributed by atoms with Crippen LogP contribution in [-0.2, 0) is 19.3 Å². The molecule has 2 nitrogen and oxygen atoms in total. The molecule has 0 fully saturated rings. The van der Waals surface area contributed by atoms with Gasteiger partial charge in [0, 0.05) is 0 Å². The zero-order chi connectivity index (χ0) is 23.2. The van der Waals surface area contributed by atoms with Gasteiger partial charge < -0.3 is 10.2 Å². The molecule has 0 saturated heterocycles. The maximum atomic E-state index is 9.77. The van der Waals surface area contributed by atoms with Gasteiger partial charge >= 0.3 is 0 Å². The lowest BCUT2D eigenvalue weighted by atomic mass is 9.88. The maximum absolute atomic E-state index is 9.77. The molecular weight excluding hydrogens is 404 g/mol. The van der Waals surface area contributed by atoms with Gasteiger partial charge in [-0.15, -0.1) is 0 Å². The van der Waals surface area contributed by atoms with E-state index in [4.69, 9.17) is 0 Å². The van der Waals surface area contributed by atoms with Gasteiger partial charge in [-0.3, -0.25) is 0 Å². The monoisotopic (exact) mass is 436 g/mol. The average Bonchev–Trinajstić information content (AvgIpc) is 2.81. The second kappa shape index (κ2) is 10.4. The van der Waals surface area contributed by atoms with Crippen molar-refractivity contribution < 1.29 is 10.2 Å². The minimum absolute atomic E-state index is 0.282. The fraction of sp³-hybridized carbons (Fsp3) is 0.226. The van der Waals surface area contributed by atoms with E-state index in [0.717, 1.165) is 43.2 Å². The van der Waals surface area contributed by atoms with Crippen LogP contribution in [0.5, 0.6) is 11.5 Å². The molecular formula is C31H32O2. The fourth-order valence-electron chi connectivity index (χ4n) is 4.53. The number of phenolic OH excluding ortho intramolecular Hbond substituents is 2. The molecule has 2 N–H and O–H groups in total. The highest BCUT2D eigenvalue weighted by Gasteiger charge is 2.13. The Morgan fingerprint density at radius 1 is 0.515 bits per heavy atom. The molecule has 0 aromatic heterocycles. The van der Waals surface area contributed by atoms with Crippen molar-refractivity contribution >= 4 is 0 Å². The lowest BCUT2D eigenvalue weighted by Crippen LogP contribution is -1.99. The van der Waals surface area contributed by atoms with E-state index in [0.29, 0.717) is 0 Å². The molecule has 0 bridgehead atoms. The van der Waals surface area contributed by atoms with E-state index < -0.39 is 0 Å².